The summed E-state index contributed by atoms with van der Waals surface area (Å²) in [5.41, 5.74) is 0. The Bertz CT molecular complexity index is 1090. The molecule has 12 heteroatoms. The van der Waals surface area contributed by atoms with Gasteiger partial charge in [0.1, 0.15) is 12.3 Å². The number of piperazine rings is 1. The molecule has 2 aliphatic carbocycles. The molecule has 13 atom stereocenters. The average molecular weight is 623 g/mol. The van der Waals surface area contributed by atoms with E-state index in [0.29, 0.717) is 26.1 Å². The SMILES string of the molecule is C=CC(=O)N1CCN(C2NC(=O)N3C4NC(C(F)CC24)C2C(F)CCCC2OCCSC2CCNC(C(C)C)C23)C2C[C@H]21. The maximum absolute atomic E-state index is 16.5. The molecule has 43 heavy (non-hydrogen) atoms. The topological polar surface area (TPSA) is 89.2 Å². The molecule has 7 fully saturated rings. The number of thioether (sulfide) groups is 1. The van der Waals surface area contributed by atoms with Gasteiger partial charge in [0.2, 0.25) is 5.91 Å². The van der Waals surface area contributed by atoms with Gasteiger partial charge in [-0.2, -0.15) is 11.8 Å². The van der Waals surface area contributed by atoms with Crippen molar-refractivity contribution in [1.29, 1.82) is 0 Å². The van der Waals surface area contributed by atoms with Crippen molar-refractivity contribution in [1.82, 2.24) is 30.7 Å². The Morgan fingerprint density at radius 1 is 1.12 bits per heavy atom. The fourth-order valence-corrected chi connectivity index (χ4v) is 10.7. The minimum atomic E-state index is -1.26. The molecule has 2 saturated carbocycles. The lowest BCUT2D eigenvalue weighted by atomic mass is 9.73. The minimum Gasteiger partial charge on any atom is -0.377 e. The summed E-state index contributed by atoms with van der Waals surface area (Å²) in [7, 11) is 0. The van der Waals surface area contributed by atoms with Gasteiger partial charge in [-0.15, -0.1) is 0 Å². The Labute approximate surface area is 258 Å². The van der Waals surface area contributed by atoms with Crippen molar-refractivity contribution in [3.8, 4) is 0 Å². The zero-order chi connectivity index (χ0) is 30.0. The number of amides is 3. The number of ether oxygens (including phenoxy) is 1. The molecule has 0 radical (unpaired) electrons. The fraction of sp³-hybridized carbons (Fsp3) is 0.871. The Morgan fingerprint density at radius 2 is 1.95 bits per heavy atom. The molecule has 0 spiro atoms. The van der Waals surface area contributed by atoms with Gasteiger partial charge in [-0.1, -0.05) is 20.4 Å². The summed E-state index contributed by atoms with van der Waals surface area (Å²) in [6, 6.07) is -0.644. The maximum atomic E-state index is 16.5. The molecule has 9 nitrogen and oxygen atoms in total. The molecule has 0 aromatic rings. The number of hydrogen-bond acceptors (Lipinski definition) is 7. The number of fused-ring (bicyclic) bond motifs is 6. The van der Waals surface area contributed by atoms with Gasteiger partial charge in [-0.25, -0.2) is 13.6 Å². The molecule has 7 aliphatic rings. The number of halogens is 2. The zero-order valence-electron chi connectivity index (χ0n) is 25.4. The first-order chi connectivity index (χ1) is 20.8. The first-order valence-electron chi connectivity index (χ1n) is 16.6. The van der Waals surface area contributed by atoms with Gasteiger partial charge < -0.3 is 25.2 Å². The third kappa shape index (κ3) is 5.30. The van der Waals surface area contributed by atoms with Crippen LogP contribution in [-0.4, -0.2) is 125 Å². The molecule has 240 valence electrons. The highest BCUT2D eigenvalue weighted by Gasteiger charge is 2.60. The Morgan fingerprint density at radius 3 is 2.74 bits per heavy atom. The van der Waals surface area contributed by atoms with E-state index < -0.39 is 30.5 Å². The quantitative estimate of drug-likeness (QED) is 0.417. The van der Waals surface area contributed by atoms with Crippen LogP contribution in [-0.2, 0) is 9.53 Å². The summed E-state index contributed by atoms with van der Waals surface area (Å²) in [5.74, 6) is 0.190. The first kappa shape index (κ1) is 30.2. The van der Waals surface area contributed by atoms with Crippen LogP contribution >= 0.6 is 11.8 Å². The van der Waals surface area contributed by atoms with Crippen LogP contribution in [0.3, 0.4) is 0 Å². The summed E-state index contributed by atoms with van der Waals surface area (Å²) < 4.78 is 38.6. The van der Waals surface area contributed by atoms with Gasteiger partial charge in [0.05, 0.1) is 31.1 Å². The fourth-order valence-electron chi connectivity index (χ4n) is 9.40. The number of carbonyl (C=O) groups excluding carboxylic acids is 2. The number of rotatable bonds is 3. The predicted molar refractivity (Wildman–Crippen MR) is 162 cm³/mol. The van der Waals surface area contributed by atoms with Crippen LogP contribution < -0.4 is 16.0 Å². The third-order valence-corrected chi connectivity index (χ3v) is 12.8. The number of alkyl halides is 2. The monoisotopic (exact) mass is 622 g/mol. The zero-order valence-corrected chi connectivity index (χ0v) is 26.2. The highest BCUT2D eigenvalue weighted by atomic mass is 32.2. The van der Waals surface area contributed by atoms with Crippen LogP contribution in [0.5, 0.6) is 0 Å². The van der Waals surface area contributed by atoms with Crippen LogP contribution in [0, 0.1) is 17.8 Å². The highest BCUT2D eigenvalue weighted by molar-refractivity contribution is 8.00. The van der Waals surface area contributed by atoms with Crippen molar-refractivity contribution in [2.45, 2.75) is 119 Å². The lowest BCUT2D eigenvalue weighted by Gasteiger charge is -2.59. The van der Waals surface area contributed by atoms with E-state index in [2.05, 4.69) is 41.3 Å². The van der Waals surface area contributed by atoms with E-state index in [1.165, 1.54) is 6.08 Å². The van der Waals surface area contributed by atoms with Gasteiger partial charge >= 0.3 is 6.03 Å². The lowest BCUT2D eigenvalue weighted by Crippen LogP contribution is -2.80. The summed E-state index contributed by atoms with van der Waals surface area (Å²) >= 11 is 1.86. The van der Waals surface area contributed by atoms with E-state index in [0.717, 1.165) is 38.0 Å². The Hall–Kier alpha value is -1.47. The second-order valence-electron chi connectivity index (χ2n) is 14.0. The van der Waals surface area contributed by atoms with Crippen molar-refractivity contribution in [3.63, 3.8) is 0 Å². The van der Waals surface area contributed by atoms with Crippen LogP contribution in [0.15, 0.2) is 12.7 Å². The highest BCUT2D eigenvalue weighted by Crippen LogP contribution is 2.46. The lowest BCUT2D eigenvalue weighted by molar-refractivity contribution is -0.130. The molecular weight excluding hydrogens is 574 g/mol. The molecule has 12 unspecified atom stereocenters. The molecule has 5 saturated heterocycles. The van der Waals surface area contributed by atoms with Crippen molar-refractivity contribution in [2.75, 3.05) is 32.0 Å². The van der Waals surface area contributed by atoms with E-state index in [1.807, 2.05) is 21.6 Å². The molecular formula is C31H48F2N6O3S. The predicted octanol–water partition coefficient (Wildman–Crippen LogP) is 2.48. The van der Waals surface area contributed by atoms with Gasteiger partial charge in [0.15, 0.2) is 0 Å². The Balaban J connectivity index is 1.25. The summed E-state index contributed by atoms with van der Waals surface area (Å²) in [6.07, 6.45) is 1.78. The van der Waals surface area contributed by atoms with Gasteiger partial charge in [0.25, 0.3) is 0 Å². The molecule has 3 amide bonds. The van der Waals surface area contributed by atoms with Crippen LogP contribution in [0.25, 0.3) is 0 Å². The Kier molecular flexibility index (Phi) is 8.45. The number of nitrogens with zero attached hydrogens (tertiary/aromatic N) is 3. The van der Waals surface area contributed by atoms with Gasteiger partial charge in [0, 0.05) is 60.1 Å². The number of hydrogen-bond donors (Lipinski definition) is 3. The molecule has 3 N–H and O–H groups in total. The van der Waals surface area contributed by atoms with E-state index in [4.69, 9.17) is 4.74 Å². The van der Waals surface area contributed by atoms with Crippen molar-refractivity contribution in [3.05, 3.63) is 12.7 Å². The third-order valence-electron chi connectivity index (χ3n) is 11.4. The average Bonchev–Trinajstić information content (AvgIpc) is 3.79. The molecule has 2 bridgehead atoms. The second-order valence-corrected chi connectivity index (χ2v) is 15.4. The number of carbonyl (C=O) groups is 2. The van der Waals surface area contributed by atoms with E-state index in [1.54, 1.807) is 0 Å². The molecule has 5 heterocycles. The second kappa shape index (κ2) is 12.0. The minimum absolute atomic E-state index is 0.0607. The van der Waals surface area contributed by atoms with Crippen molar-refractivity contribution >= 4 is 23.7 Å². The first-order valence-corrected chi connectivity index (χ1v) is 17.6. The van der Waals surface area contributed by atoms with Gasteiger partial charge in [-0.3, -0.25) is 15.0 Å². The van der Waals surface area contributed by atoms with E-state index in [-0.39, 0.29) is 71.9 Å². The van der Waals surface area contributed by atoms with Crippen molar-refractivity contribution in [2.24, 2.45) is 17.8 Å². The van der Waals surface area contributed by atoms with Crippen LogP contribution in [0.4, 0.5) is 13.6 Å². The van der Waals surface area contributed by atoms with E-state index in [9.17, 15) is 9.59 Å². The van der Waals surface area contributed by atoms with Crippen molar-refractivity contribution < 1.29 is 23.1 Å². The van der Waals surface area contributed by atoms with E-state index >= 15 is 8.78 Å². The maximum Gasteiger partial charge on any atom is 0.320 e. The molecule has 0 aromatic heterocycles. The van der Waals surface area contributed by atoms with Crippen LogP contribution in [0.1, 0.15) is 52.4 Å². The number of urea groups is 1. The number of nitrogens with one attached hydrogen (secondary N) is 3. The molecule has 0 aromatic carbocycles. The smallest absolute Gasteiger partial charge is 0.320 e. The standard InChI is InChI=1S/C31H48F2N6O3S/c1-4-24(40)37-10-11-38(21-15-20(21)37)29-17-14-19(33)27-25-18(32)6-5-7-22(25)42-12-13-43-23-8-9-34-26(16(2)3)28(23)39(30(17)35-27)31(41)36-29/h4,16-23,25-30,34-35H,1,5-15H2,2-3H3,(H,36,41)/t17?,18?,19?,20-,21?,22?,23?,25?,26?,27?,28?,29?,30?/m1/s1. The number of piperidine rings is 2. The summed E-state index contributed by atoms with van der Waals surface area (Å²) in [5, 5.41) is 10.9. The normalized spacial score (nSPS) is 46.8. The van der Waals surface area contributed by atoms with Crippen LogP contribution in [0.2, 0.25) is 0 Å². The summed E-state index contributed by atoms with van der Waals surface area (Å²) in [6.45, 7) is 10.6. The van der Waals surface area contributed by atoms with Gasteiger partial charge in [-0.05, 0) is 57.1 Å². The molecule has 7 rings (SSSR count). The largest absolute Gasteiger partial charge is 0.377 e. The summed E-state index contributed by atoms with van der Waals surface area (Å²) in [4.78, 5) is 33.0. The molecule has 5 aliphatic heterocycles.